The molecule has 1 saturated heterocycles. The maximum atomic E-state index is 11.1. The van der Waals surface area contributed by atoms with E-state index in [1.165, 1.54) is 0 Å². The average Bonchev–Trinajstić information content (AvgIpc) is 2.32. The largest absolute Gasteiger partial charge is 0.378 e. The van der Waals surface area contributed by atoms with E-state index in [-0.39, 0.29) is 6.04 Å². The molecule has 0 atom stereocenters. The molecule has 0 spiro atoms. The van der Waals surface area contributed by atoms with Crippen LogP contribution >= 0.6 is 0 Å². The second kappa shape index (κ2) is 4.96. The fourth-order valence-electron chi connectivity index (χ4n) is 1.77. The maximum absolute atomic E-state index is 11.1. The molecule has 2 rings (SSSR count). The van der Waals surface area contributed by atoms with Crippen LogP contribution in [0.3, 0.4) is 0 Å². The van der Waals surface area contributed by atoms with Crippen LogP contribution in [0.5, 0.6) is 0 Å². The molecule has 5 nitrogen and oxygen atoms in total. The Bertz CT molecular complexity index is 436. The van der Waals surface area contributed by atoms with Crippen LogP contribution in [-0.2, 0) is 9.47 Å². The lowest BCUT2D eigenvalue weighted by Crippen LogP contribution is -2.45. The SMILES string of the molecule is CC1(C)OCC(Nc2cccc(C(N)=O)c2)CO1. The first-order valence-corrected chi connectivity index (χ1v) is 5.90. The molecule has 3 N–H and O–H groups in total. The highest BCUT2D eigenvalue weighted by atomic mass is 16.7. The standard InChI is InChI=1S/C13H18N2O3/c1-13(2)17-7-11(8-18-13)15-10-5-3-4-9(6-10)12(14)16/h3-6,11,15H,7-8H2,1-2H3,(H2,14,16). The second-order valence-corrected chi connectivity index (χ2v) is 4.81. The first-order valence-electron chi connectivity index (χ1n) is 5.90. The number of hydrogen-bond acceptors (Lipinski definition) is 4. The summed E-state index contributed by atoms with van der Waals surface area (Å²) in [5, 5.41) is 3.26. The predicted molar refractivity (Wildman–Crippen MR) is 68.4 cm³/mol. The Balaban J connectivity index is 1.98. The normalized spacial score (nSPS) is 19.4. The molecule has 1 amide bonds. The highest BCUT2D eigenvalue weighted by Crippen LogP contribution is 2.20. The van der Waals surface area contributed by atoms with Gasteiger partial charge in [0, 0.05) is 11.3 Å². The van der Waals surface area contributed by atoms with Crippen molar-refractivity contribution in [1.82, 2.24) is 0 Å². The van der Waals surface area contributed by atoms with E-state index in [0.717, 1.165) is 5.69 Å². The summed E-state index contributed by atoms with van der Waals surface area (Å²) in [4.78, 5) is 11.1. The molecular weight excluding hydrogens is 232 g/mol. The predicted octanol–water partition coefficient (Wildman–Crippen LogP) is 1.35. The van der Waals surface area contributed by atoms with Crippen molar-refractivity contribution in [2.45, 2.75) is 25.7 Å². The van der Waals surface area contributed by atoms with Gasteiger partial charge in [0.2, 0.25) is 5.91 Å². The molecule has 1 heterocycles. The fraction of sp³-hybridized carbons (Fsp3) is 0.462. The van der Waals surface area contributed by atoms with E-state index in [2.05, 4.69) is 5.32 Å². The molecule has 1 aliphatic heterocycles. The molecule has 18 heavy (non-hydrogen) atoms. The van der Waals surface area contributed by atoms with Crippen molar-refractivity contribution in [3.63, 3.8) is 0 Å². The average molecular weight is 250 g/mol. The number of anilines is 1. The van der Waals surface area contributed by atoms with Crippen LogP contribution in [0.2, 0.25) is 0 Å². The molecule has 1 fully saturated rings. The molecule has 1 aromatic rings. The lowest BCUT2D eigenvalue weighted by atomic mass is 10.1. The van der Waals surface area contributed by atoms with Crippen LogP contribution in [0.25, 0.3) is 0 Å². The lowest BCUT2D eigenvalue weighted by Gasteiger charge is -2.35. The van der Waals surface area contributed by atoms with Crippen molar-refractivity contribution in [1.29, 1.82) is 0 Å². The second-order valence-electron chi connectivity index (χ2n) is 4.81. The summed E-state index contributed by atoms with van der Waals surface area (Å²) in [7, 11) is 0. The summed E-state index contributed by atoms with van der Waals surface area (Å²) in [6, 6.07) is 7.15. The smallest absolute Gasteiger partial charge is 0.248 e. The number of amides is 1. The van der Waals surface area contributed by atoms with Crippen LogP contribution in [0.1, 0.15) is 24.2 Å². The number of nitrogens with two attached hydrogens (primary N) is 1. The van der Waals surface area contributed by atoms with Crippen LogP contribution in [0.4, 0.5) is 5.69 Å². The zero-order valence-electron chi connectivity index (χ0n) is 10.6. The van der Waals surface area contributed by atoms with Gasteiger partial charge in [0.1, 0.15) is 0 Å². The van der Waals surface area contributed by atoms with Crippen LogP contribution in [-0.4, -0.2) is 30.9 Å². The zero-order valence-corrected chi connectivity index (χ0v) is 10.6. The summed E-state index contributed by atoms with van der Waals surface area (Å²) in [5.41, 5.74) is 6.56. The summed E-state index contributed by atoms with van der Waals surface area (Å²) in [6.45, 7) is 4.90. The van der Waals surface area contributed by atoms with Crippen LogP contribution in [0.15, 0.2) is 24.3 Å². The summed E-state index contributed by atoms with van der Waals surface area (Å²) in [5.74, 6) is -0.955. The maximum Gasteiger partial charge on any atom is 0.248 e. The van der Waals surface area contributed by atoms with E-state index < -0.39 is 11.7 Å². The van der Waals surface area contributed by atoms with Crippen molar-refractivity contribution in [2.24, 2.45) is 5.73 Å². The number of hydrogen-bond donors (Lipinski definition) is 2. The number of ether oxygens (including phenoxy) is 2. The van der Waals surface area contributed by atoms with Crippen molar-refractivity contribution < 1.29 is 14.3 Å². The van der Waals surface area contributed by atoms with Gasteiger partial charge >= 0.3 is 0 Å². The minimum Gasteiger partial charge on any atom is -0.378 e. The number of nitrogens with one attached hydrogen (secondary N) is 1. The molecule has 0 radical (unpaired) electrons. The number of primary amides is 1. The molecule has 1 aromatic carbocycles. The third-order valence-electron chi connectivity index (χ3n) is 2.78. The van der Waals surface area contributed by atoms with E-state index in [1.54, 1.807) is 18.2 Å². The van der Waals surface area contributed by atoms with Crippen molar-refractivity contribution in [3.8, 4) is 0 Å². The molecule has 1 aliphatic rings. The van der Waals surface area contributed by atoms with E-state index in [9.17, 15) is 4.79 Å². The molecule has 5 heteroatoms. The highest BCUT2D eigenvalue weighted by molar-refractivity contribution is 5.93. The number of rotatable bonds is 3. The Kier molecular flexibility index (Phi) is 3.54. The van der Waals surface area contributed by atoms with Gasteiger partial charge in [-0.1, -0.05) is 6.07 Å². The number of carbonyl (C=O) groups excluding carboxylic acids is 1. The topological polar surface area (TPSA) is 73.6 Å². The Hall–Kier alpha value is -1.59. The Morgan fingerprint density at radius 1 is 1.39 bits per heavy atom. The highest BCUT2D eigenvalue weighted by Gasteiger charge is 2.28. The Labute approximate surface area is 106 Å². The quantitative estimate of drug-likeness (QED) is 0.849. The van der Waals surface area contributed by atoms with Gasteiger partial charge in [-0.2, -0.15) is 0 Å². The van der Waals surface area contributed by atoms with E-state index >= 15 is 0 Å². The Morgan fingerprint density at radius 2 is 2.06 bits per heavy atom. The number of carbonyl (C=O) groups is 1. The zero-order chi connectivity index (χ0) is 13.2. The van der Waals surface area contributed by atoms with Crippen molar-refractivity contribution in [3.05, 3.63) is 29.8 Å². The molecular formula is C13H18N2O3. The Morgan fingerprint density at radius 3 is 2.67 bits per heavy atom. The molecule has 98 valence electrons. The number of benzene rings is 1. The van der Waals surface area contributed by atoms with Crippen LogP contribution in [0, 0.1) is 0 Å². The fourth-order valence-corrected chi connectivity index (χ4v) is 1.77. The summed E-state index contributed by atoms with van der Waals surface area (Å²) in [6.07, 6.45) is 0. The van der Waals surface area contributed by atoms with E-state index in [1.807, 2.05) is 19.9 Å². The third-order valence-corrected chi connectivity index (χ3v) is 2.78. The van der Waals surface area contributed by atoms with Crippen molar-refractivity contribution >= 4 is 11.6 Å². The summed E-state index contributed by atoms with van der Waals surface area (Å²) >= 11 is 0. The van der Waals surface area contributed by atoms with E-state index in [4.69, 9.17) is 15.2 Å². The molecule has 0 saturated carbocycles. The van der Waals surface area contributed by atoms with Gasteiger partial charge in [0.25, 0.3) is 0 Å². The minimum absolute atomic E-state index is 0.0705. The van der Waals surface area contributed by atoms with Gasteiger partial charge in [0.05, 0.1) is 19.3 Å². The lowest BCUT2D eigenvalue weighted by molar-refractivity contribution is -0.247. The van der Waals surface area contributed by atoms with Gasteiger partial charge in [0.15, 0.2) is 5.79 Å². The van der Waals surface area contributed by atoms with Gasteiger partial charge in [-0.3, -0.25) is 4.79 Å². The summed E-state index contributed by atoms with van der Waals surface area (Å²) < 4.78 is 11.1. The molecule has 0 bridgehead atoms. The van der Waals surface area contributed by atoms with Gasteiger partial charge in [-0.15, -0.1) is 0 Å². The van der Waals surface area contributed by atoms with Crippen molar-refractivity contribution in [2.75, 3.05) is 18.5 Å². The van der Waals surface area contributed by atoms with Gasteiger partial charge in [-0.05, 0) is 32.0 Å². The molecule has 0 aliphatic carbocycles. The first kappa shape index (κ1) is 12.9. The third kappa shape index (κ3) is 3.21. The first-order chi connectivity index (χ1) is 8.46. The van der Waals surface area contributed by atoms with E-state index in [0.29, 0.717) is 18.8 Å². The minimum atomic E-state index is -0.521. The monoisotopic (exact) mass is 250 g/mol. The van der Waals surface area contributed by atoms with Crippen LogP contribution < -0.4 is 11.1 Å². The molecule has 0 unspecified atom stereocenters. The van der Waals surface area contributed by atoms with Gasteiger partial charge < -0.3 is 20.5 Å². The van der Waals surface area contributed by atoms with Gasteiger partial charge in [-0.25, -0.2) is 0 Å². The molecule has 0 aromatic heterocycles.